The van der Waals surface area contributed by atoms with Crippen molar-refractivity contribution >= 4 is 12.4 Å². The normalized spacial score (nSPS) is 9.92. The standard InChI is InChI=1S/C10H13NO/c1-7-5-10(11-3)8(2)4-9(7)6-12/h4-5,12H,3,6H2,1-2H3. The minimum atomic E-state index is 0.0874. The van der Waals surface area contributed by atoms with Crippen LogP contribution in [0.5, 0.6) is 0 Å². The monoisotopic (exact) mass is 163 g/mol. The zero-order valence-corrected chi connectivity index (χ0v) is 7.46. The molecule has 0 spiro atoms. The molecule has 1 rings (SSSR count). The average molecular weight is 163 g/mol. The molecule has 0 unspecified atom stereocenters. The van der Waals surface area contributed by atoms with Crippen LogP contribution in [0.3, 0.4) is 0 Å². The maximum Gasteiger partial charge on any atom is 0.0684 e. The Balaban J connectivity index is 3.25. The molecule has 0 saturated heterocycles. The minimum absolute atomic E-state index is 0.0874. The molecule has 0 saturated carbocycles. The molecule has 0 atom stereocenters. The molecule has 2 nitrogen and oxygen atoms in total. The van der Waals surface area contributed by atoms with Gasteiger partial charge in [0.15, 0.2) is 0 Å². The van der Waals surface area contributed by atoms with Gasteiger partial charge in [-0.15, -0.1) is 0 Å². The zero-order chi connectivity index (χ0) is 9.14. The van der Waals surface area contributed by atoms with Crippen LogP contribution < -0.4 is 0 Å². The van der Waals surface area contributed by atoms with Crippen molar-refractivity contribution in [2.24, 2.45) is 4.99 Å². The summed E-state index contributed by atoms with van der Waals surface area (Å²) >= 11 is 0. The van der Waals surface area contributed by atoms with Gasteiger partial charge in [-0.05, 0) is 43.3 Å². The first-order valence-electron chi connectivity index (χ1n) is 3.86. The van der Waals surface area contributed by atoms with Crippen LogP contribution in [-0.4, -0.2) is 11.8 Å². The summed E-state index contributed by atoms with van der Waals surface area (Å²) in [4.78, 5) is 3.87. The van der Waals surface area contributed by atoms with Crippen LogP contribution >= 0.6 is 0 Å². The highest BCUT2D eigenvalue weighted by molar-refractivity contribution is 5.54. The first-order chi connectivity index (χ1) is 5.69. The quantitative estimate of drug-likeness (QED) is 0.665. The molecule has 0 amide bonds. The van der Waals surface area contributed by atoms with E-state index in [0.717, 1.165) is 22.4 Å². The summed E-state index contributed by atoms with van der Waals surface area (Å²) in [6.07, 6.45) is 0. The Hall–Kier alpha value is -1.15. The third kappa shape index (κ3) is 1.53. The lowest BCUT2D eigenvalue weighted by Crippen LogP contribution is -1.89. The van der Waals surface area contributed by atoms with Crippen LogP contribution in [0.15, 0.2) is 17.1 Å². The highest BCUT2D eigenvalue weighted by Crippen LogP contribution is 2.22. The maximum absolute atomic E-state index is 8.96. The summed E-state index contributed by atoms with van der Waals surface area (Å²) in [6.45, 7) is 7.48. The Morgan fingerprint density at radius 1 is 1.33 bits per heavy atom. The highest BCUT2D eigenvalue weighted by Gasteiger charge is 2.01. The third-order valence-corrected chi connectivity index (χ3v) is 2.00. The van der Waals surface area contributed by atoms with Gasteiger partial charge >= 0.3 is 0 Å². The number of aliphatic imine (C=N–C) groups is 1. The summed E-state index contributed by atoms with van der Waals surface area (Å²) in [6, 6.07) is 3.88. The van der Waals surface area contributed by atoms with Crippen molar-refractivity contribution in [1.29, 1.82) is 0 Å². The van der Waals surface area contributed by atoms with Crippen molar-refractivity contribution in [2.45, 2.75) is 20.5 Å². The Morgan fingerprint density at radius 3 is 2.50 bits per heavy atom. The summed E-state index contributed by atoms with van der Waals surface area (Å²) in [5.41, 5.74) is 3.97. The maximum atomic E-state index is 8.96. The molecule has 0 aliphatic rings. The molecule has 1 aromatic rings. The fourth-order valence-corrected chi connectivity index (χ4v) is 1.20. The fraction of sp³-hybridized carbons (Fsp3) is 0.300. The largest absolute Gasteiger partial charge is 0.392 e. The highest BCUT2D eigenvalue weighted by atomic mass is 16.3. The van der Waals surface area contributed by atoms with Gasteiger partial charge in [-0.25, -0.2) is 0 Å². The predicted molar refractivity (Wildman–Crippen MR) is 51.0 cm³/mol. The Morgan fingerprint density at radius 2 is 2.00 bits per heavy atom. The molecule has 0 bridgehead atoms. The van der Waals surface area contributed by atoms with E-state index in [-0.39, 0.29) is 6.61 Å². The average Bonchev–Trinajstić information content (AvgIpc) is 2.08. The number of aliphatic hydroxyl groups is 1. The van der Waals surface area contributed by atoms with Crippen molar-refractivity contribution in [3.63, 3.8) is 0 Å². The number of benzene rings is 1. The molecule has 0 radical (unpaired) electrons. The van der Waals surface area contributed by atoms with Gasteiger partial charge in [-0.3, -0.25) is 4.99 Å². The summed E-state index contributed by atoms with van der Waals surface area (Å²) in [7, 11) is 0. The zero-order valence-electron chi connectivity index (χ0n) is 7.46. The van der Waals surface area contributed by atoms with Crippen LogP contribution in [0, 0.1) is 13.8 Å². The lowest BCUT2D eigenvalue weighted by Gasteiger charge is -2.06. The molecule has 1 aromatic carbocycles. The van der Waals surface area contributed by atoms with E-state index in [1.54, 1.807) is 0 Å². The number of aryl methyl sites for hydroxylation is 2. The molecular formula is C10H13NO. The topological polar surface area (TPSA) is 32.6 Å². The second kappa shape index (κ2) is 3.50. The number of hydrogen-bond donors (Lipinski definition) is 1. The molecular weight excluding hydrogens is 150 g/mol. The van der Waals surface area contributed by atoms with Crippen LogP contribution in [0.25, 0.3) is 0 Å². The first kappa shape index (κ1) is 8.94. The molecule has 2 heteroatoms. The number of aliphatic hydroxyl groups excluding tert-OH is 1. The molecule has 0 aromatic heterocycles. The van der Waals surface area contributed by atoms with E-state index in [4.69, 9.17) is 5.11 Å². The van der Waals surface area contributed by atoms with E-state index in [1.165, 1.54) is 0 Å². The number of hydrogen-bond acceptors (Lipinski definition) is 2. The van der Waals surface area contributed by atoms with Gasteiger partial charge in [0, 0.05) is 0 Å². The van der Waals surface area contributed by atoms with Crippen LogP contribution in [-0.2, 0) is 6.61 Å². The van der Waals surface area contributed by atoms with E-state index in [0.29, 0.717) is 0 Å². The van der Waals surface area contributed by atoms with Crippen LogP contribution in [0.4, 0.5) is 5.69 Å². The predicted octanol–water partition coefficient (Wildman–Crippen LogP) is 2.13. The van der Waals surface area contributed by atoms with Gasteiger partial charge in [-0.1, -0.05) is 6.07 Å². The molecule has 0 aliphatic heterocycles. The van der Waals surface area contributed by atoms with Crippen molar-refractivity contribution in [3.8, 4) is 0 Å². The van der Waals surface area contributed by atoms with Gasteiger partial charge in [-0.2, -0.15) is 0 Å². The van der Waals surface area contributed by atoms with E-state index in [2.05, 4.69) is 11.7 Å². The molecule has 0 heterocycles. The van der Waals surface area contributed by atoms with Crippen molar-refractivity contribution in [2.75, 3.05) is 0 Å². The SMILES string of the molecule is C=Nc1cc(C)c(CO)cc1C. The molecule has 12 heavy (non-hydrogen) atoms. The third-order valence-electron chi connectivity index (χ3n) is 2.00. The van der Waals surface area contributed by atoms with E-state index < -0.39 is 0 Å². The van der Waals surface area contributed by atoms with Gasteiger partial charge in [0.25, 0.3) is 0 Å². The molecule has 0 aliphatic carbocycles. The summed E-state index contributed by atoms with van der Waals surface area (Å²) in [5.74, 6) is 0. The fourth-order valence-electron chi connectivity index (χ4n) is 1.20. The smallest absolute Gasteiger partial charge is 0.0684 e. The van der Waals surface area contributed by atoms with E-state index in [1.807, 2.05) is 26.0 Å². The van der Waals surface area contributed by atoms with Gasteiger partial charge in [0.1, 0.15) is 0 Å². The number of rotatable bonds is 2. The molecule has 64 valence electrons. The first-order valence-corrected chi connectivity index (χ1v) is 3.86. The van der Waals surface area contributed by atoms with E-state index >= 15 is 0 Å². The summed E-state index contributed by atoms with van der Waals surface area (Å²) in [5, 5.41) is 8.96. The molecule has 1 N–H and O–H groups in total. The Bertz CT molecular complexity index is 305. The van der Waals surface area contributed by atoms with Gasteiger partial charge < -0.3 is 5.11 Å². The summed E-state index contributed by atoms with van der Waals surface area (Å²) < 4.78 is 0. The van der Waals surface area contributed by atoms with Gasteiger partial charge in [0.2, 0.25) is 0 Å². The Labute approximate surface area is 72.6 Å². The molecule has 0 fully saturated rings. The van der Waals surface area contributed by atoms with Crippen LogP contribution in [0.2, 0.25) is 0 Å². The Kier molecular flexibility index (Phi) is 2.61. The van der Waals surface area contributed by atoms with Crippen molar-refractivity contribution in [1.82, 2.24) is 0 Å². The van der Waals surface area contributed by atoms with E-state index in [9.17, 15) is 0 Å². The van der Waals surface area contributed by atoms with Crippen molar-refractivity contribution in [3.05, 3.63) is 28.8 Å². The van der Waals surface area contributed by atoms with Gasteiger partial charge in [0.05, 0.1) is 12.3 Å². The van der Waals surface area contributed by atoms with Crippen molar-refractivity contribution < 1.29 is 5.11 Å². The second-order valence-corrected chi connectivity index (χ2v) is 2.88. The lowest BCUT2D eigenvalue weighted by atomic mass is 10.0. The minimum Gasteiger partial charge on any atom is -0.392 e. The second-order valence-electron chi connectivity index (χ2n) is 2.88. The number of nitrogens with zero attached hydrogens (tertiary/aromatic N) is 1. The van der Waals surface area contributed by atoms with Crippen LogP contribution in [0.1, 0.15) is 16.7 Å². The lowest BCUT2D eigenvalue weighted by molar-refractivity contribution is 0.281.